The Kier molecular flexibility index (Phi) is 9.97. The van der Waals surface area contributed by atoms with Crippen LogP contribution < -0.4 is 0 Å². The van der Waals surface area contributed by atoms with Crippen molar-refractivity contribution in [3.05, 3.63) is 23.8 Å². The van der Waals surface area contributed by atoms with E-state index in [1.54, 1.807) is 0 Å². The summed E-state index contributed by atoms with van der Waals surface area (Å²) in [5, 5.41) is 9.00. The molecule has 0 saturated heterocycles. The monoisotopic (exact) mass is 386 g/mol. The summed E-state index contributed by atoms with van der Waals surface area (Å²) in [7, 11) is 0. The van der Waals surface area contributed by atoms with Gasteiger partial charge in [0.15, 0.2) is 0 Å². The van der Waals surface area contributed by atoms with E-state index >= 15 is 0 Å². The smallest absolute Gasteiger partial charge is 0.116 e. The average Bonchev–Trinajstić information content (AvgIpc) is 3.12. The van der Waals surface area contributed by atoms with Crippen LogP contribution in [-0.2, 0) is 6.67 Å². The van der Waals surface area contributed by atoms with Gasteiger partial charge in [-0.1, -0.05) is 83.6 Å². The highest BCUT2D eigenvalue weighted by Gasteiger charge is 2.22. The predicted molar refractivity (Wildman–Crippen MR) is 120 cm³/mol. The van der Waals surface area contributed by atoms with Gasteiger partial charge >= 0.3 is 0 Å². The molecule has 4 nitrogen and oxygen atoms in total. The summed E-state index contributed by atoms with van der Waals surface area (Å²) in [5.74, 6) is 0.775. The quantitative estimate of drug-likeness (QED) is 0.344. The molecule has 0 aliphatic carbocycles. The molecule has 0 N–H and O–H groups in total. The predicted octanol–water partition coefficient (Wildman–Crippen LogP) is 6.57. The second-order valence-corrected chi connectivity index (χ2v) is 8.42. The van der Waals surface area contributed by atoms with Gasteiger partial charge in [0.2, 0.25) is 0 Å². The van der Waals surface area contributed by atoms with Gasteiger partial charge in [0.25, 0.3) is 0 Å². The number of aryl methyl sites for hydroxylation is 1. The van der Waals surface area contributed by atoms with Gasteiger partial charge in [-0.05, 0) is 43.7 Å². The molecule has 0 aliphatic rings. The largest absolute Gasteiger partial charge is 0.281 e. The number of rotatable bonds is 14. The number of unbranched alkanes of at least 4 members (excludes halogenated alkanes) is 3. The lowest BCUT2D eigenvalue weighted by molar-refractivity contribution is 0.104. The molecular weight excluding hydrogens is 344 g/mol. The molecule has 0 unspecified atom stereocenters. The standard InChI is InChI=1S/C24H42N4/c1-6-10-12-16-22(9-4)27(18-21(8-3)15-11-7-2)19-28-23-17-13-14-20(5)24(23)25-26-28/h13-14,17,21-22H,6-12,15-16,18-19H2,1-5H3/t21-,22-/m0/s1. The van der Waals surface area contributed by atoms with Gasteiger partial charge < -0.3 is 0 Å². The first-order valence-electron chi connectivity index (χ1n) is 11.7. The first-order valence-corrected chi connectivity index (χ1v) is 11.7. The fraction of sp³-hybridized carbons (Fsp3) is 0.750. The maximum absolute atomic E-state index is 4.53. The summed E-state index contributed by atoms with van der Waals surface area (Å²) in [6, 6.07) is 7.03. The second-order valence-electron chi connectivity index (χ2n) is 8.42. The number of nitrogens with zero attached hydrogens (tertiary/aromatic N) is 4. The lowest BCUT2D eigenvalue weighted by Gasteiger charge is -2.34. The van der Waals surface area contributed by atoms with Gasteiger partial charge in [-0.2, -0.15) is 0 Å². The van der Waals surface area contributed by atoms with E-state index in [4.69, 9.17) is 0 Å². The number of fused-ring (bicyclic) bond motifs is 1. The molecule has 0 spiro atoms. The third kappa shape index (κ3) is 6.30. The Morgan fingerprint density at radius 1 is 0.964 bits per heavy atom. The molecule has 2 aromatic rings. The zero-order valence-corrected chi connectivity index (χ0v) is 19.0. The first kappa shape index (κ1) is 22.9. The number of hydrogen-bond donors (Lipinski definition) is 0. The van der Waals surface area contributed by atoms with Crippen molar-refractivity contribution in [3.63, 3.8) is 0 Å². The molecule has 0 fully saturated rings. The van der Waals surface area contributed by atoms with Crippen molar-refractivity contribution in [1.29, 1.82) is 0 Å². The minimum absolute atomic E-state index is 0.631. The Labute approximate surface area is 172 Å². The topological polar surface area (TPSA) is 34.0 Å². The molecule has 0 bridgehead atoms. The molecule has 158 valence electrons. The third-order valence-corrected chi connectivity index (χ3v) is 6.23. The maximum atomic E-state index is 4.53. The van der Waals surface area contributed by atoms with Crippen LogP contribution in [0.25, 0.3) is 11.0 Å². The summed E-state index contributed by atoms with van der Waals surface area (Å²) in [5.41, 5.74) is 3.41. The third-order valence-electron chi connectivity index (χ3n) is 6.23. The van der Waals surface area contributed by atoms with Gasteiger partial charge in [0.05, 0.1) is 12.2 Å². The number of benzene rings is 1. The normalized spacial score (nSPS) is 14.1. The van der Waals surface area contributed by atoms with E-state index in [0.29, 0.717) is 6.04 Å². The lowest BCUT2D eigenvalue weighted by Crippen LogP contribution is -2.40. The molecule has 28 heavy (non-hydrogen) atoms. The highest BCUT2D eigenvalue weighted by atomic mass is 15.5. The van der Waals surface area contributed by atoms with E-state index in [-0.39, 0.29) is 0 Å². The maximum Gasteiger partial charge on any atom is 0.116 e. The lowest BCUT2D eigenvalue weighted by atomic mass is 9.96. The molecule has 1 aromatic heterocycles. The van der Waals surface area contributed by atoms with Crippen molar-refractivity contribution in [3.8, 4) is 0 Å². The van der Waals surface area contributed by atoms with Crippen LogP contribution in [0.1, 0.15) is 91.0 Å². The minimum atomic E-state index is 0.631. The summed E-state index contributed by atoms with van der Waals surface area (Å²) in [6.45, 7) is 13.4. The van der Waals surface area contributed by atoms with Crippen LogP contribution in [0.15, 0.2) is 18.2 Å². The van der Waals surface area contributed by atoms with Crippen molar-refractivity contribution in [2.24, 2.45) is 5.92 Å². The number of aromatic nitrogens is 3. The van der Waals surface area contributed by atoms with E-state index < -0.39 is 0 Å². The second kappa shape index (κ2) is 12.2. The fourth-order valence-electron chi connectivity index (χ4n) is 4.25. The van der Waals surface area contributed by atoms with Gasteiger partial charge in [0.1, 0.15) is 5.52 Å². The molecule has 1 aromatic carbocycles. The van der Waals surface area contributed by atoms with E-state index in [0.717, 1.165) is 23.6 Å². The summed E-state index contributed by atoms with van der Waals surface area (Å²) in [4.78, 5) is 2.70. The van der Waals surface area contributed by atoms with Gasteiger partial charge in [-0.25, -0.2) is 4.68 Å². The zero-order valence-electron chi connectivity index (χ0n) is 19.0. The minimum Gasteiger partial charge on any atom is -0.281 e. The average molecular weight is 387 g/mol. The van der Waals surface area contributed by atoms with Crippen molar-refractivity contribution in [2.75, 3.05) is 6.54 Å². The molecular formula is C24H42N4. The molecule has 0 saturated carbocycles. The van der Waals surface area contributed by atoms with Crippen molar-refractivity contribution in [1.82, 2.24) is 19.9 Å². The summed E-state index contributed by atoms with van der Waals surface area (Å²) >= 11 is 0. The Bertz CT molecular complexity index is 678. The molecule has 0 aliphatic heterocycles. The van der Waals surface area contributed by atoms with Gasteiger partial charge in [-0.3, -0.25) is 4.90 Å². The number of hydrogen-bond acceptors (Lipinski definition) is 3. The molecule has 1 heterocycles. The zero-order chi connectivity index (χ0) is 20.4. The molecule has 0 radical (unpaired) electrons. The molecule has 2 atom stereocenters. The van der Waals surface area contributed by atoms with Gasteiger partial charge in [-0.15, -0.1) is 5.10 Å². The van der Waals surface area contributed by atoms with Crippen molar-refractivity contribution in [2.45, 2.75) is 105 Å². The molecule has 0 amide bonds. The Morgan fingerprint density at radius 3 is 2.43 bits per heavy atom. The summed E-state index contributed by atoms with van der Waals surface area (Å²) in [6.07, 6.45) is 11.7. The van der Waals surface area contributed by atoms with E-state index in [2.05, 4.69) is 72.7 Å². The van der Waals surface area contributed by atoms with Crippen molar-refractivity contribution < 1.29 is 0 Å². The Balaban J connectivity index is 2.21. The fourth-order valence-corrected chi connectivity index (χ4v) is 4.25. The van der Waals surface area contributed by atoms with Crippen LogP contribution in [0.3, 0.4) is 0 Å². The van der Waals surface area contributed by atoms with Crippen LogP contribution in [-0.4, -0.2) is 32.5 Å². The van der Waals surface area contributed by atoms with Crippen LogP contribution >= 0.6 is 0 Å². The Hall–Kier alpha value is -1.42. The van der Waals surface area contributed by atoms with E-state index in [1.807, 2.05) is 0 Å². The van der Waals surface area contributed by atoms with Crippen molar-refractivity contribution >= 4 is 11.0 Å². The Morgan fingerprint density at radius 2 is 1.75 bits per heavy atom. The highest BCUT2D eigenvalue weighted by molar-refractivity contribution is 5.77. The first-order chi connectivity index (χ1) is 13.6. The van der Waals surface area contributed by atoms with Crippen LogP contribution in [0.5, 0.6) is 0 Å². The molecule has 4 heteroatoms. The van der Waals surface area contributed by atoms with E-state index in [1.165, 1.54) is 69.9 Å². The van der Waals surface area contributed by atoms with Crippen LogP contribution in [0.4, 0.5) is 0 Å². The van der Waals surface area contributed by atoms with Crippen LogP contribution in [0.2, 0.25) is 0 Å². The SMILES string of the molecule is CCCCC[C@H](CC)N(C[C@@H](CC)CCCC)Cn1nnc2c(C)cccc21. The van der Waals surface area contributed by atoms with Crippen LogP contribution in [0, 0.1) is 12.8 Å². The molecule has 2 rings (SSSR count). The van der Waals surface area contributed by atoms with Gasteiger partial charge in [0, 0.05) is 12.6 Å². The summed E-state index contributed by atoms with van der Waals surface area (Å²) < 4.78 is 2.12. The van der Waals surface area contributed by atoms with E-state index in [9.17, 15) is 0 Å². The highest BCUT2D eigenvalue weighted by Crippen LogP contribution is 2.22.